The van der Waals surface area contributed by atoms with Crippen LogP contribution in [0.15, 0.2) is 22.5 Å². The number of thiazole rings is 1. The van der Waals surface area contributed by atoms with Crippen LogP contribution >= 0.6 is 11.3 Å². The highest BCUT2D eigenvalue weighted by molar-refractivity contribution is 7.89. The van der Waals surface area contributed by atoms with Crippen molar-refractivity contribution in [2.45, 2.75) is 24.8 Å². The molecule has 2 N–H and O–H groups in total. The Bertz CT molecular complexity index is 704. The van der Waals surface area contributed by atoms with Gasteiger partial charge in [-0.3, -0.25) is 0 Å². The molecular formula is C13H20N4O2S2. The van der Waals surface area contributed by atoms with E-state index in [2.05, 4.69) is 15.0 Å². The van der Waals surface area contributed by atoms with Crippen molar-refractivity contribution >= 4 is 21.4 Å². The van der Waals surface area contributed by atoms with Crippen LogP contribution in [0.1, 0.15) is 16.4 Å². The molecule has 0 aliphatic rings. The van der Waals surface area contributed by atoms with E-state index in [0.29, 0.717) is 24.4 Å². The minimum Gasteiger partial charge on any atom is -0.352 e. The molecule has 0 aliphatic carbocycles. The third kappa shape index (κ3) is 4.13. The first-order chi connectivity index (χ1) is 9.92. The van der Waals surface area contributed by atoms with E-state index in [-0.39, 0.29) is 0 Å². The second-order valence-electron chi connectivity index (χ2n) is 4.81. The fourth-order valence-corrected chi connectivity index (χ4v) is 3.77. The summed E-state index contributed by atoms with van der Waals surface area (Å²) in [5.74, 6) is 0. The third-order valence-corrected chi connectivity index (χ3v) is 5.34. The number of nitrogens with zero attached hydrogens (tertiary/aromatic N) is 2. The molecule has 0 aromatic carbocycles. The van der Waals surface area contributed by atoms with E-state index in [1.54, 1.807) is 23.6 Å². The van der Waals surface area contributed by atoms with Gasteiger partial charge >= 0.3 is 0 Å². The zero-order valence-electron chi connectivity index (χ0n) is 12.4. The molecule has 116 valence electrons. The molecule has 0 bridgehead atoms. The van der Waals surface area contributed by atoms with E-state index in [4.69, 9.17) is 0 Å². The molecule has 8 heteroatoms. The number of sulfonamides is 1. The largest absolute Gasteiger partial charge is 0.352 e. The molecule has 0 amide bonds. The topological polar surface area (TPSA) is 76.0 Å². The van der Waals surface area contributed by atoms with Crippen LogP contribution in [0.4, 0.5) is 0 Å². The molecule has 0 radical (unpaired) electrons. The smallest absolute Gasteiger partial charge is 0.242 e. The van der Waals surface area contributed by atoms with E-state index in [0.717, 1.165) is 16.4 Å². The quantitative estimate of drug-likeness (QED) is 0.796. The van der Waals surface area contributed by atoms with Gasteiger partial charge in [-0.05, 0) is 20.0 Å². The molecular weight excluding hydrogens is 308 g/mol. The number of aryl methyl sites for hydroxylation is 2. The minimum atomic E-state index is -3.47. The molecule has 0 unspecified atom stereocenters. The van der Waals surface area contributed by atoms with Crippen LogP contribution in [0.5, 0.6) is 0 Å². The van der Waals surface area contributed by atoms with Crippen LogP contribution in [-0.2, 0) is 30.0 Å². The highest BCUT2D eigenvalue weighted by atomic mass is 32.2. The van der Waals surface area contributed by atoms with Crippen molar-refractivity contribution in [2.75, 3.05) is 13.6 Å². The van der Waals surface area contributed by atoms with Crippen molar-refractivity contribution in [3.63, 3.8) is 0 Å². The van der Waals surface area contributed by atoms with Crippen molar-refractivity contribution < 1.29 is 8.42 Å². The Hall–Kier alpha value is -1.22. The standard InChI is InChI=1S/C13H20N4O2S2/c1-10-16-11(9-20-10)4-5-15-21(18,19)13-6-12(7-14-2)17(3)8-13/h6,8-9,14-15H,4-5,7H2,1-3H3. The first-order valence-electron chi connectivity index (χ1n) is 6.63. The number of rotatable bonds is 7. The fourth-order valence-electron chi connectivity index (χ4n) is 2.00. The van der Waals surface area contributed by atoms with Crippen molar-refractivity contribution in [3.05, 3.63) is 34.0 Å². The summed E-state index contributed by atoms with van der Waals surface area (Å²) >= 11 is 1.57. The van der Waals surface area contributed by atoms with Crippen LogP contribution in [0.2, 0.25) is 0 Å². The molecule has 0 spiro atoms. The normalized spacial score (nSPS) is 12.0. The van der Waals surface area contributed by atoms with E-state index >= 15 is 0 Å². The molecule has 2 aromatic heterocycles. The lowest BCUT2D eigenvalue weighted by atomic mass is 10.3. The Morgan fingerprint density at radius 1 is 1.43 bits per heavy atom. The first-order valence-corrected chi connectivity index (χ1v) is 8.99. The fraction of sp³-hybridized carbons (Fsp3) is 0.462. The van der Waals surface area contributed by atoms with Gasteiger partial charge in [-0.1, -0.05) is 0 Å². The maximum absolute atomic E-state index is 12.2. The van der Waals surface area contributed by atoms with E-state index in [9.17, 15) is 8.42 Å². The van der Waals surface area contributed by atoms with Crippen molar-refractivity contribution in [3.8, 4) is 0 Å². The summed E-state index contributed by atoms with van der Waals surface area (Å²) in [6.07, 6.45) is 2.22. The molecule has 21 heavy (non-hydrogen) atoms. The van der Waals surface area contributed by atoms with Gasteiger partial charge in [0.25, 0.3) is 0 Å². The Kier molecular flexibility index (Phi) is 5.15. The number of hydrogen-bond donors (Lipinski definition) is 2. The Labute approximate surface area is 129 Å². The van der Waals surface area contributed by atoms with Gasteiger partial charge in [-0.25, -0.2) is 18.1 Å². The number of hydrogen-bond acceptors (Lipinski definition) is 5. The summed E-state index contributed by atoms with van der Waals surface area (Å²) in [7, 11) is 0.199. The number of nitrogens with one attached hydrogen (secondary N) is 2. The van der Waals surface area contributed by atoms with E-state index in [1.807, 2.05) is 31.0 Å². The van der Waals surface area contributed by atoms with Gasteiger partial charge < -0.3 is 9.88 Å². The maximum atomic E-state index is 12.2. The van der Waals surface area contributed by atoms with Crippen LogP contribution in [0.3, 0.4) is 0 Å². The van der Waals surface area contributed by atoms with Gasteiger partial charge in [0.15, 0.2) is 0 Å². The van der Waals surface area contributed by atoms with Crippen LogP contribution in [-0.4, -0.2) is 31.6 Å². The predicted octanol–water partition coefficient (Wildman–Crippen LogP) is 1.03. The lowest BCUT2D eigenvalue weighted by Gasteiger charge is -2.03. The Morgan fingerprint density at radius 2 is 2.19 bits per heavy atom. The first kappa shape index (κ1) is 16.2. The van der Waals surface area contributed by atoms with Crippen LogP contribution in [0, 0.1) is 6.92 Å². The zero-order chi connectivity index (χ0) is 15.5. The summed E-state index contributed by atoms with van der Waals surface area (Å²) in [6.45, 7) is 2.91. The molecule has 0 fully saturated rings. The van der Waals surface area contributed by atoms with Crippen LogP contribution in [0.25, 0.3) is 0 Å². The average Bonchev–Trinajstić information content (AvgIpc) is 2.98. The zero-order valence-corrected chi connectivity index (χ0v) is 14.0. The summed E-state index contributed by atoms with van der Waals surface area (Å²) in [5, 5.41) is 5.96. The molecule has 0 atom stereocenters. The summed E-state index contributed by atoms with van der Waals surface area (Å²) in [5.41, 5.74) is 1.84. The molecule has 2 aromatic rings. The van der Waals surface area contributed by atoms with Crippen molar-refractivity contribution in [1.82, 2.24) is 19.6 Å². The third-order valence-electron chi connectivity index (χ3n) is 3.09. The lowest BCUT2D eigenvalue weighted by Crippen LogP contribution is -2.25. The maximum Gasteiger partial charge on any atom is 0.242 e. The van der Waals surface area contributed by atoms with Crippen LogP contribution < -0.4 is 10.0 Å². The SMILES string of the molecule is CNCc1cc(S(=O)(=O)NCCc2csc(C)n2)cn1C. The van der Waals surface area contributed by atoms with Gasteiger partial charge in [0.1, 0.15) is 0 Å². The lowest BCUT2D eigenvalue weighted by molar-refractivity contribution is 0.581. The van der Waals surface area contributed by atoms with Gasteiger partial charge in [-0.15, -0.1) is 11.3 Å². The van der Waals surface area contributed by atoms with Gasteiger partial charge in [-0.2, -0.15) is 0 Å². The minimum absolute atomic E-state index is 0.296. The predicted molar refractivity (Wildman–Crippen MR) is 83.9 cm³/mol. The monoisotopic (exact) mass is 328 g/mol. The number of aromatic nitrogens is 2. The van der Waals surface area contributed by atoms with Gasteiger partial charge in [0, 0.05) is 43.8 Å². The second kappa shape index (κ2) is 6.69. The summed E-state index contributed by atoms with van der Waals surface area (Å²) < 4.78 is 28.9. The highest BCUT2D eigenvalue weighted by Gasteiger charge is 2.17. The highest BCUT2D eigenvalue weighted by Crippen LogP contribution is 2.13. The van der Waals surface area contributed by atoms with Crippen molar-refractivity contribution in [1.29, 1.82) is 0 Å². The van der Waals surface area contributed by atoms with Gasteiger partial charge in [0.2, 0.25) is 10.0 Å². The molecule has 0 saturated heterocycles. The average molecular weight is 328 g/mol. The van der Waals surface area contributed by atoms with Crippen molar-refractivity contribution in [2.24, 2.45) is 7.05 Å². The molecule has 2 heterocycles. The van der Waals surface area contributed by atoms with E-state index in [1.165, 1.54) is 0 Å². The van der Waals surface area contributed by atoms with E-state index < -0.39 is 10.0 Å². The molecule has 0 saturated carbocycles. The molecule has 2 rings (SSSR count). The molecule has 6 nitrogen and oxygen atoms in total. The Morgan fingerprint density at radius 3 is 2.81 bits per heavy atom. The Balaban J connectivity index is 1.99. The second-order valence-corrected chi connectivity index (χ2v) is 7.64. The summed E-state index contributed by atoms with van der Waals surface area (Å²) in [4.78, 5) is 4.61. The molecule has 0 aliphatic heterocycles. The summed E-state index contributed by atoms with van der Waals surface area (Å²) in [6, 6.07) is 1.69. The van der Waals surface area contributed by atoms with Gasteiger partial charge in [0.05, 0.1) is 15.6 Å².